The van der Waals surface area contributed by atoms with Crippen molar-refractivity contribution in [1.29, 1.82) is 0 Å². The summed E-state index contributed by atoms with van der Waals surface area (Å²) in [6.45, 7) is 6.00. The summed E-state index contributed by atoms with van der Waals surface area (Å²) in [4.78, 5) is 8.85. The number of aliphatic hydroxyl groups is 1. The number of hydrogen-bond acceptors (Lipinski definition) is 8. The Kier molecular flexibility index (Phi) is 6.74. The lowest BCUT2D eigenvalue weighted by Crippen LogP contribution is -2.35. The second-order valence-corrected chi connectivity index (χ2v) is 9.03. The van der Waals surface area contributed by atoms with Gasteiger partial charge in [0, 0.05) is 18.3 Å². The summed E-state index contributed by atoms with van der Waals surface area (Å²) < 4.78 is 12.0. The van der Waals surface area contributed by atoms with Crippen molar-refractivity contribution >= 4 is 34.9 Å². The molecular weight excluding hydrogens is 388 g/mol. The maximum Gasteiger partial charge on any atom is 0.191 e. The van der Waals surface area contributed by atoms with Crippen LogP contribution >= 0.6 is 23.4 Å². The van der Waals surface area contributed by atoms with Gasteiger partial charge in [-0.15, -0.1) is 0 Å². The van der Waals surface area contributed by atoms with Gasteiger partial charge in [0.25, 0.3) is 0 Å². The quantitative estimate of drug-likeness (QED) is 0.257. The number of fused-ring (bicyclic) bond motifs is 1. The zero-order valence-electron chi connectivity index (χ0n) is 16.1. The molecule has 2 fully saturated rings. The molecule has 2 aliphatic rings. The number of nitrogens with one attached hydrogen (secondary N) is 1. The highest BCUT2D eigenvalue weighted by Crippen LogP contribution is 2.43. The van der Waals surface area contributed by atoms with Crippen LogP contribution in [0, 0.1) is 5.92 Å². The van der Waals surface area contributed by atoms with Gasteiger partial charge in [0.05, 0.1) is 12.1 Å². The van der Waals surface area contributed by atoms with Gasteiger partial charge in [0.2, 0.25) is 0 Å². The maximum atomic E-state index is 9.71. The second-order valence-electron chi connectivity index (χ2n) is 7.61. The molecule has 0 spiro atoms. The van der Waals surface area contributed by atoms with Crippen LogP contribution in [0.2, 0.25) is 5.15 Å². The van der Waals surface area contributed by atoms with Gasteiger partial charge in [-0.2, -0.15) is 0 Å². The Balaban J connectivity index is 1.73. The number of nitrogen functional groups attached to an aromatic ring is 1. The molecule has 1 saturated carbocycles. The Morgan fingerprint density at radius 2 is 2.04 bits per heavy atom. The molecule has 152 valence electrons. The molecule has 0 radical (unpaired) electrons. The lowest BCUT2D eigenvalue weighted by atomic mass is 10.1. The predicted octanol–water partition coefficient (Wildman–Crippen LogP) is 3.31. The van der Waals surface area contributed by atoms with Crippen molar-refractivity contribution in [2.45, 2.75) is 75.6 Å². The van der Waals surface area contributed by atoms with Gasteiger partial charge in [-0.05, 0) is 26.7 Å². The van der Waals surface area contributed by atoms with E-state index in [1.807, 2.05) is 13.8 Å². The highest BCUT2D eigenvalue weighted by molar-refractivity contribution is 7.99. The van der Waals surface area contributed by atoms with E-state index in [-0.39, 0.29) is 35.9 Å². The van der Waals surface area contributed by atoms with E-state index in [1.165, 1.54) is 12.8 Å². The highest BCUT2D eigenvalue weighted by Gasteiger charge is 2.53. The van der Waals surface area contributed by atoms with E-state index in [9.17, 15) is 5.11 Å². The fourth-order valence-electron chi connectivity index (χ4n) is 3.70. The molecule has 4 N–H and O–H groups in total. The average Bonchev–Trinajstić information content (AvgIpc) is 3.09. The third-order valence-corrected chi connectivity index (χ3v) is 6.22. The summed E-state index contributed by atoms with van der Waals surface area (Å²) in [5.74, 6) is 0.803. The number of aliphatic hydroxyl groups excluding tert-OH is 1. The summed E-state index contributed by atoms with van der Waals surface area (Å²) in [7, 11) is 0. The summed E-state index contributed by atoms with van der Waals surface area (Å²) in [6.07, 6.45) is 3.85. The van der Waals surface area contributed by atoms with E-state index in [4.69, 9.17) is 26.8 Å². The molecule has 27 heavy (non-hydrogen) atoms. The number of aromatic nitrogens is 2. The van der Waals surface area contributed by atoms with Crippen molar-refractivity contribution in [2.75, 3.05) is 23.4 Å². The molecule has 4 atom stereocenters. The van der Waals surface area contributed by atoms with Crippen LogP contribution in [0.25, 0.3) is 0 Å². The molecule has 1 aliphatic carbocycles. The van der Waals surface area contributed by atoms with Crippen molar-refractivity contribution < 1.29 is 14.6 Å². The Labute approximate surface area is 169 Å². The maximum absolute atomic E-state index is 9.71. The van der Waals surface area contributed by atoms with Crippen LogP contribution in [0.4, 0.5) is 11.5 Å². The molecule has 1 aromatic heterocycles. The molecule has 0 aromatic carbocycles. The van der Waals surface area contributed by atoms with Gasteiger partial charge >= 0.3 is 0 Å². The molecule has 7 nitrogen and oxygen atoms in total. The van der Waals surface area contributed by atoms with Gasteiger partial charge in [0.15, 0.2) is 21.9 Å². The normalized spacial score (nSPS) is 29.1. The first-order valence-electron chi connectivity index (χ1n) is 9.53. The summed E-state index contributed by atoms with van der Waals surface area (Å²) in [5.41, 5.74) is 6.44. The lowest BCUT2D eigenvalue weighted by Gasteiger charge is -2.24. The molecular formula is C18H29ClN4O3S. The first-order chi connectivity index (χ1) is 12.8. The highest BCUT2D eigenvalue weighted by atomic mass is 35.5. The van der Waals surface area contributed by atoms with Crippen molar-refractivity contribution in [2.24, 2.45) is 5.92 Å². The number of hydrogen-bond donors (Lipinski definition) is 3. The molecule has 0 bridgehead atoms. The standard InChI is InChI=1S/C18H29ClN4O3S/c1-4-5-6-7-27-17-22-15(19)12(20)16(23-17)21-11-8-10(9-24)13-14(11)26-18(2,3)25-13/h10-11,13-14,24H,4-9,20H2,1-3H3,(H,21,22,23)/t10-,11-,13-,14+/m1/s1. The number of anilines is 2. The van der Waals surface area contributed by atoms with Gasteiger partial charge < -0.3 is 25.6 Å². The number of unbranched alkanes of at least 4 members (excludes halogenated alkanes) is 2. The largest absolute Gasteiger partial charge is 0.396 e. The fraction of sp³-hybridized carbons (Fsp3) is 0.778. The van der Waals surface area contributed by atoms with Crippen LogP contribution < -0.4 is 11.1 Å². The van der Waals surface area contributed by atoms with Crippen LogP contribution in [0.15, 0.2) is 5.16 Å². The first-order valence-corrected chi connectivity index (χ1v) is 10.9. The van der Waals surface area contributed by atoms with E-state index in [2.05, 4.69) is 22.2 Å². The molecule has 0 unspecified atom stereocenters. The van der Waals surface area contributed by atoms with Gasteiger partial charge in [-0.25, -0.2) is 9.97 Å². The van der Waals surface area contributed by atoms with Gasteiger partial charge in [0.1, 0.15) is 11.8 Å². The van der Waals surface area contributed by atoms with E-state index in [0.29, 0.717) is 23.1 Å². The molecule has 3 rings (SSSR count). The minimum Gasteiger partial charge on any atom is -0.396 e. The van der Waals surface area contributed by atoms with Crippen LogP contribution in [0.3, 0.4) is 0 Å². The van der Waals surface area contributed by atoms with Gasteiger partial charge in [-0.3, -0.25) is 0 Å². The third-order valence-electron chi connectivity index (χ3n) is 5.00. The molecule has 1 aliphatic heterocycles. The number of ether oxygens (including phenoxy) is 2. The fourth-order valence-corrected chi connectivity index (χ4v) is 4.76. The van der Waals surface area contributed by atoms with Crippen molar-refractivity contribution in [1.82, 2.24) is 9.97 Å². The zero-order chi connectivity index (χ0) is 19.6. The number of thioether (sulfide) groups is 1. The van der Waals surface area contributed by atoms with E-state index in [0.717, 1.165) is 12.2 Å². The van der Waals surface area contributed by atoms with Crippen molar-refractivity contribution in [3.8, 4) is 0 Å². The SMILES string of the molecule is CCCCCSc1nc(Cl)c(N)c(N[C@@H]2C[C@H](CO)[C@H]3OC(C)(C)O[C@H]32)n1. The molecule has 1 aromatic rings. The van der Waals surface area contributed by atoms with Crippen LogP contribution in [-0.4, -0.2) is 51.5 Å². The lowest BCUT2D eigenvalue weighted by molar-refractivity contribution is -0.158. The van der Waals surface area contributed by atoms with E-state index < -0.39 is 5.79 Å². The van der Waals surface area contributed by atoms with Crippen LogP contribution in [0.1, 0.15) is 46.5 Å². The smallest absolute Gasteiger partial charge is 0.191 e. The minimum absolute atomic E-state index is 0.00991. The van der Waals surface area contributed by atoms with Crippen LogP contribution in [-0.2, 0) is 9.47 Å². The zero-order valence-corrected chi connectivity index (χ0v) is 17.6. The molecule has 2 heterocycles. The summed E-state index contributed by atoms with van der Waals surface area (Å²) in [6, 6.07) is -0.0693. The van der Waals surface area contributed by atoms with E-state index >= 15 is 0 Å². The van der Waals surface area contributed by atoms with Crippen LogP contribution in [0.5, 0.6) is 0 Å². The second kappa shape index (κ2) is 8.69. The number of halogens is 1. The summed E-state index contributed by atoms with van der Waals surface area (Å²) in [5, 5.41) is 14.0. The number of nitrogens with zero attached hydrogens (tertiary/aromatic N) is 2. The van der Waals surface area contributed by atoms with Crippen molar-refractivity contribution in [3.63, 3.8) is 0 Å². The van der Waals surface area contributed by atoms with E-state index in [1.54, 1.807) is 11.8 Å². The minimum atomic E-state index is -0.668. The Hall–Kier alpha value is -0.800. The summed E-state index contributed by atoms with van der Waals surface area (Å²) >= 11 is 7.81. The Bertz CT molecular complexity index is 664. The van der Waals surface area contributed by atoms with Gasteiger partial charge in [-0.1, -0.05) is 43.1 Å². The monoisotopic (exact) mass is 416 g/mol. The topological polar surface area (TPSA) is 103 Å². The molecule has 9 heteroatoms. The Morgan fingerprint density at radius 1 is 1.30 bits per heavy atom. The third kappa shape index (κ3) is 4.79. The Morgan fingerprint density at radius 3 is 2.74 bits per heavy atom. The predicted molar refractivity (Wildman–Crippen MR) is 108 cm³/mol. The van der Waals surface area contributed by atoms with Crippen molar-refractivity contribution in [3.05, 3.63) is 5.15 Å². The first kappa shape index (κ1) is 20.9. The molecule has 0 amide bonds. The number of nitrogens with two attached hydrogens (primary N) is 1. The molecule has 1 saturated heterocycles. The number of rotatable bonds is 8. The average molecular weight is 417 g/mol.